The molecule has 0 saturated heterocycles. The molecule has 0 spiro atoms. The fourth-order valence-corrected chi connectivity index (χ4v) is 3.75. The Morgan fingerprint density at radius 2 is 1.81 bits per heavy atom. The van der Waals surface area contributed by atoms with Crippen molar-refractivity contribution in [2.24, 2.45) is 0 Å². The van der Waals surface area contributed by atoms with Crippen molar-refractivity contribution in [3.8, 4) is 11.5 Å². The van der Waals surface area contributed by atoms with Gasteiger partial charge in [0.2, 0.25) is 11.8 Å². The molecule has 0 saturated carbocycles. The highest BCUT2D eigenvalue weighted by Crippen LogP contribution is 2.27. The van der Waals surface area contributed by atoms with Gasteiger partial charge in [-0.05, 0) is 24.3 Å². The fraction of sp³-hybridized carbons (Fsp3) is 0.167. The maximum absolute atomic E-state index is 11.8. The van der Waals surface area contributed by atoms with Crippen LogP contribution in [0.4, 0.5) is 0 Å². The summed E-state index contributed by atoms with van der Waals surface area (Å²) in [6.07, 6.45) is 1.18. The average molecular weight is 403 g/mol. The van der Waals surface area contributed by atoms with Crippen molar-refractivity contribution in [3.63, 3.8) is 0 Å². The van der Waals surface area contributed by atoms with Gasteiger partial charge in [-0.2, -0.15) is 0 Å². The van der Waals surface area contributed by atoms with Gasteiger partial charge in [0.25, 0.3) is 0 Å². The van der Waals surface area contributed by atoms with E-state index < -0.39 is 9.84 Å². The number of nitrogens with zero attached hydrogens (tertiary/aromatic N) is 4. The van der Waals surface area contributed by atoms with Crippen molar-refractivity contribution in [2.45, 2.75) is 12.3 Å². The first kappa shape index (κ1) is 17.7. The van der Waals surface area contributed by atoms with Crippen LogP contribution in [0, 0.1) is 0 Å². The van der Waals surface area contributed by atoms with E-state index in [9.17, 15) is 8.42 Å². The maximum Gasteiger partial charge on any atom is 0.249 e. The molecule has 0 bridgehead atoms. The number of rotatable bonds is 5. The van der Waals surface area contributed by atoms with E-state index in [4.69, 9.17) is 16.0 Å². The van der Waals surface area contributed by atoms with Crippen LogP contribution in [0.2, 0.25) is 5.02 Å². The lowest BCUT2D eigenvalue weighted by Gasteiger charge is -2.06. The standard InChI is InChI=1S/C18H15ClN4O3S/c1-27(24,25)11-16-20-14-8-4-5-9-15(14)23(16)10-17-21-22-18(26-17)12-6-2-3-7-13(12)19/h2-9H,10-11H2,1H3. The second-order valence-electron chi connectivity index (χ2n) is 6.15. The Bertz CT molecular complexity index is 1230. The zero-order chi connectivity index (χ0) is 19.0. The number of hydrogen-bond acceptors (Lipinski definition) is 6. The number of fused-ring (bicyclic) bond motifs is 1. The lowest BCUT2D eigenvalue weighted by Crippen LogP contribution is -2.10. The van der Waals surface area contributed by atoms with Crippen LogP contribution in [0.1, 0.15) is 11.7 Å². The van der Waals surface area contributed by atoms with E-state index in [1.54, 1.807) is 16.7 Å². The van der Waals surface area contributed by atoms with Crippen LogP contribution in [0.3, 0.4) is 0 Å². The van der Waals surface area contributed by atoms with Gasteiger partial charge in [-0.25, -0.2) is 13.4 Å². The van der Waals surface area contributed by atoms with Crippen molar-refractivity contribution in [2.75, 3.05) is 6.26 Å². The molecule has 0 N–H and O–H groups in total. The predicted octanol–water partition coefficient (Wildman–Crippen LogP) is 3.33. The van der Waals surface area contributed by atoms with Crippen LogP contribution < -0.4 is 0 Å². The molecule has 7 nitrogen and oxygen atoms in total. The number of hydrogen-bond donors (Lipinski definition) is 0. The number of imidazole rings is 1. The average Bonchev–Trinajstić information content (AvgIpc) is 3.20. The van der Waals surface area contributed by atoms with Crippen molar-refractivity contribution in [1.82, 2.24) is 19.7 Å². The Hall–Kier alpha value is -2.71. The summed E-state index contributed by atoms with van der Waals surface area (Å²) in [6, 6.07) is 14.6. The van der Waals surface area contributed by atoms with Gasteiger partial charge in [0.1, 0.15) is 18.1 Å². The number of aromatic nitrogens is 4. The summed E-state index contributed by atoms with van der Waals surface area (Å²) in [5.41, 5.74) is 2.15. The highest BCUT2D eigenvalue weighted by atomic mass is 35.5. The fourth-order valence-electron chi connectivity index (χ4n) is 2.84. The molecule has 9 heteroatoms. The Balaban J connectivity index is 1.74. The SMILES string of the molecule is CS(=O)(=O)Cc1nc2ccccc2n1Cc1nnc(-c2ccccc2Cl)o1. The Morgan fingerprint density at radius 1 is 1.07 bits per heavy atom. The summed E-state index contributed by atoms with van der Waals surface area (Å²) in [4.78, 5) is 4.45. The first-order valence-electron chi connectivity index (χ1n) is 8.10. The molecular formula is C18H15ClN4O3S. The molecule has 4 aromatic rings. The number of sulfone groups is 1. The molecule has 138 valence electrons. The molecule has 0 aliphatic rings. The Kier molecular flexibility index (Phi) is 4.45. The van der Waals surface area contributed by atoms with Crippen LogP contribution >= 0.6 is 11.6 Å². The van der Waals surface area contributed by atoms with Gasteiger partial charge in [-0.3, -0.25) is 0 Å². The zero-order valence-corrected chi connectivity index (χ0v) is 15.9. The summed E-state index contributed by atoms with van der Waals surface area (Å²) < 4.78 is 31.1. The van der Waals surface area contributed by atoms with Crippen molar-refractivity contribution >= 4 is 32.5 Å². The molecule has 0 amide bonds. The van der Waals surface area contributed by atoms with Gasteiger partial charge < -0.3 is 8.98 Å². The van der Waals surface area contributed by atoms with E-state index in [0.29, 0.717) is 33.7 Å². The van der Waals surface area contributed by atoms with Gasteiger partial charge in [-0.15, -0.1) is 10.2 Å². The summed E-state index contributed by atoms with van der Waals surface area (Å²) >= 11 is 6.18. The molecule has 27 heavy (non-hydrogen) atoms. The van der Waals surface area contributed by atoms with Crippen molar-refractivity contribution in [1.29, 1.82) is 0 Å². The predicted molar refractivity (Wildman–Crippen MR) is 102 cm³/mol. The smallest absolute Gasteiger partial charge is 0.249 e. The zero-order valence-electron chi connectivity index (χ0n) is 14.3. The molecule has 4 rings (SSSR count). The second kappa shape index (κ2) is 6.79. The second-order valence-corrected chi connectivity index (χ2v) is 8.70. The molecule has 2 heterocycles. The Morgan fingerprint density at radius 3 is 2.59 bits per heavy atom. The quantitative estimate of drug-likeness (QED) is 0.508. The van der Waals surface area contributed by atoms with Gasteiger partial charge in [0.15, 0.2) is 9.84 Å². The number of para-hydroxylation sites is 2. The summed E-state index contributed by atoms with van der Waals surface area (Å²) in [6.45, 7) is 0.211. The van der Waals surface area contributed by atoms with E-state index in [2.05, 4.69) is 15.2 Å². The highest BCUT2D eigenvalue weighted by molar-refractivity contribution is 7.89. The van der Waals surface area contributed by atoms with Crippen LogP contribution in [0.25, 0.3) is 22.5 Å². The van der Waals surface area contributed by atoms with E-state index in [1.807, 2.05) is 36.4 Å². The third-order valence-corrected chi connectivity index (χ3v) is 5.10. The minimum atomic E-state index is -3.25. The molecule has 2 aromatic heterocycles. The van der Waals surface area contributed by atoms with Gasteiger partial charge >= 0.3 is 0 Å². The highest BCUT2D eigenvalue weighted by Gasteiger charge is 2.18. The largest absolute Gasteiger partial charge is 0.419 e. The topological polar surface area (TPSA) is 90.9 Å². The molecule has 0 fully saturated rings. The lowest BCUT2D eigenvalue weighted by molar-refractivity contribution is 0.487. The van der Waals surface area contributed by atoms with Gasteiger partial charge in [0, 0.05) is 6.26 Å². The molecule has 0 unspecified atom stereocenters. The first-order chi connectivity index (χ1) is 12.9. The number of benzene rings is 2. The molecule has 2 aromatic carbocycles. The first-order valence-corrected chi connectivity index (χ1v) is 10.5. The molecule has 0 aliphatic carbocycles. The maximum atomic E-state index is 11.8. The molecule has 0 aliphatic heterocycles. The van der Waals surface area contributed by atoms with Crippen LogP contribution in [0.15, 0.2) is 52.9 Å². The molecular weight excluding hydrogens is 388 g/mol. The third kappa shape index (κ3) is 3.72. The monoisotopic (exact) mass is 402 g/mol. The molecule has 0 radical (unpaired) electrons. The lowest BCUT2D eigenvalue weighted by atomic mass is 10.2. The van der Waals surface area contributed by atoms with Gasteiger partial charge in [-0.1, -0.05) is 35.9 Å². The summed E-state index contributed by atoms with van der Waals surface area (Å²) in [5, 5.41) is 8.65. The molecule has 0 atom stereocenters. The summed E-state index contributed by atoms with van der Waals surface area (Å²) in [5.74, 6) is 0.899. The van der Waals surface area contributed by atoms with Gasteiger partial charge in [0.05, 0.1) is 21.6 Å². The van der Waals surface area contributed by atoms with Crippen molar-refractivity contribution in [3.05, 3.63) is 65.3 Å². The van der Waals surface area contributed by atoms with E-state index >= 15 is 0 Å². The third-order valence-electron chi connectivity index (χ3n) is 3.99. The van der Waals surface area contributed by atoms with E-state index in [1.165, 1.54) is 6.26 Å². The normalized spacial score (nSPS) is 11.9. The van der Waals surface area contributed by atoms with E-state index in [0.717, 1.165) is 5.52 Å². The van der Waals surface area contributed by atoms with Crippen LogP contribution in [-0.2, 0) is 22.1 Å². The van der Waals surface area contributed by atoms with E-state index in [-0.39, 0.29) is 12.3 Å². The minimum Gasteiger partial charge on any atom is -0.419 e. The van der Waals surface area contributed by atoms with Crippen LogP contribution in [0.5, 0.6) is 0 Å². The number of halogens is 1. The summed E-state index contributed by atoms with van der Waals surface area (Å²) in [7, 11) is -3.25. The Labute approximate surface area is 160 Å². The van der Waals surface area contributed by atoms with Crippen LogP contribution in [-0.4, -0.2) is 34.4 Å². The van der Waals surface area contributed by atoms with Crippen molar-refractivity contribution < 1.29 is 12.8 Å². The minimum absolute atomic E-state index is 0.173.